The molecule has 0 amide bonds. The van der Waals surface area contributed by atoms with Crippen molar-refractivity contribution in [3.8, 4) is 17.1 Å². The van der Waals surface area contributed by atoms with Gasteiger partial charge in [-0.2, -0.15) is 0 Å². The lowest BCUT2D eigenvalue weighted by Gasteiger charge is -2.11. The smallest absolute Gasteiger partial charge is 0.303 e. The second-order valence-electron chi connectivity index (χ2n) is 6.71. The zero-order valence-electron chi connectivity index (χ0n) is 14.9. The zero-order chi connectivity index (χ0) is 19.2. The number of aromatic nitrogens is 1. The van der Waals surface area contributed by atoms with Crippen molar-refractivity contribution in [3.05, 3.63) is 42.0 Å². The van der Waals surface area contributed by atoms with E-state index in [4.69, 9.17) is 9.84 Å². The average molecular weight is 376 g/mol. The lowest BCUT2D eigenvalue weighted by atomic mass is 10.1. The quantitative estimate of drug-likeness (QED) is 0.598. The Bertz CT molecular complexity index is 787. The van der Waals surface area contributed by atoms with E-state index in [1.165, 1.54) is 25.0 Å². The molecule has 1 aromatic heterocycles. The highest BCUT2D eigenvalue weighted by atomic mass is 19.1. The number of rotatable bonds is 10. The van der Waals surface area contributed by atoms with Crippen molar-refractivity contribution in [2.45, 2.75) is 32.1 Å². The first kappa shape index (κ1) is 19.1. The lowest BCUT2D eigenvalue weighted by Crippen LogP contribution is -2.07. The standard InChI is InChI=1S/C20H22F2N2O3/c21-15-10-14(11-16(22)20(15)23-9-2-1-6-19(25)26)17-4-3-5-18(24-17)27-12-13-7-8-13/h3-5,10-11,13,23H,1-2,6-9,12H2,(H,25,26). The van der Waals surface area contributed by atoms with Gasteiger partial charge in [0.2, 0.25) is 5.88 Å². The largest absolute Gasteiger partial charge is 0.481 e. The Morgan fingerprint density at radius 1 is 1.22 bits per heavy atom. The molecular weight excluding hydrogens is 354 g/mol. The molecule has 1 fully saturated rings. The summed E-state index contributed by atoms with van der Waals surface area (Å²) in [6, 6.07) is 7.61. The van der Waals surface area contributed by atoms with Crippen LogP contribution in [0.5, 0.6) is 5.88 Å². The van der Waals surface area contributed by atoms with E-state index in [0.717, 1.165) is 0 Å². The normalized spacial score (nSPS) is 13.4. The summed E-state index contributed by atoms with van der Waals surface area (Å²) in [6.45, 7) is 0.910. The molecule has 7 heteroatoms. The summed E-state index contributed by atoms with van der Waals surface area (Å²) in [7, 11) is 0. The maximum Gasteiger partial charge on any atom is 0.303 e. The van der Waals surface area contributed by atoms with Crippen molar-refractivity contribution < 1.29 is 23.4 Å². The molecule has 1 aliphatic carbocycles. The van der Waals surface area contributed by atoms with Crippen LogP contribution in [0.15, 0.2) is 30.3 Å². The zero-order valence-corrected chi connectivity index (χ0v) is 14.9. The van der Waals surface area contributed by atoms with Gasteiger partial charge < -0.3 is 15.2 Å². The van der Waals surface area contributed by atoms with Crippen LogP contribution >= 0.6 is 0 Å². The minimum absolute atomic E-state index is 0.0381. The molecule has 0 unspecified atom stereocenters. The highest BCUT2D eigenvalue weighted by molar-refractivity contribution is 5.66. The Hall–Kier alpha value is -2.70. The third kappa shape index (κ3) is 5.64. The van der Waals surface area contributed by atoms with Crippen LogP contribution < -0.4 is 10.1 Å². The number of carboxylic acids is 1. The molecular formula is C20H22F2N2O3. The van der Waals surface area contributed by atoms with Crippen LogP contribution in [0.4, 0.5) is 14.5 Å². The highest BCUT2D eigenvalue weighted by Gasteiger charge is 2.22. The summed E-state index contributed by atoms with van der Waals surface area (Å²) in [5, 5.41) is 11.3. The number of hydrogen-bond acceptors (Lipinski definition) is 4. The lowest BCUT2D eigenvalue weighted by molar-refractivity contribution is -0.137. The molecule has 1 heterocycles. The van der Waals surface area contributed by atoms with E-state index in [2.05, 4.69) is 10.3 Å². The van der Waals surface area contributed by atoms with E-state index in [9.17, 15) is 13.6 Å². The van der Waals surface area contributed by atoms with Crippen molar-refractivity contribution in [1.29, 1.82) is 0 Å². The molecule has 0 radical (unpaired) electrons. The summed E-state index contributed by atoms with van der Waals surface area (Å²) >= 11 is 0. The summed E-state index contributed by atoms with van der Waals surface area (Å²) in [4.78, 5) is 14.8. The fraction of sp³-hybridized carbons (Fsp3) is 0.400. The third-order valence-corrected chi connectivity index (χ3v) is 4.34. The average Bonchev–Trinajstić information content (AvgIpc) is 3.46. The van der Waals surface area contributed by atoms with Crippen LogP contribution in [-0.4, -0.2) is 29.2 Å². The van der Waals surface area contributed by atoms with E-state index in [-0.39, 0.29) is 12.1 Å². The Morgan fingerprint density at radius 3 is 2.63 bits per heavy atom. The van der Waals surface area contributed by atoms with Crippen LogP contribution in [0, 0.1) is 17.6 Å². The first-order valence-corrected chi connectivity index (χ1v) is 9.08. The topological polar surface area (TPSA) is 71.5 Å². The summed E-state index contributed by atoms with van der Waals surface area (Å²) in [6.07, 6.45) is 3.33. The molecule has 27 heavy (non-hydrogen) atoms. The number of nitrogens with zero attached hydrogens (tertiary/aromatic N) is 1. The van der Waals surface area contributed by atoms with Crippen molar-refractivity contribution in [2.75, 3.05) is 18.5 Å². The summed E-state index contributed by atoms with van der Waals surface area (Å²) in [5.74, 6) is -1.27. The number of anilines is 1. The molecule has 2 aromatic rings. The number of benzene rings is 1. The summed E-state index contributed by atoms with van der Waals surface area (Å²) in [5.41, 5.74) is 0.558. The molecule has 2 N–H and O–H groups in total. The Kier molecular flexibility index (Phi) is 6.21. The van der Waals surface area contributed by atoms with Crippen LogP contribution in [-0.2, 0) is 4.79 Å². The van der Waals surface area contributed by atoms with Crippen molar-refractivity contribution in [2.24, 2.45) is 5.92 Å². The van der Waals surface area contributed by atoms with E-state index >= 15 is 0 Å². The minimum Gasteiger partial charge on any atom is -0.481 e. The monoisotopic (exact) mass is 376 g/mol. The fourth-order valence-electron chi connectivity index (χ4n) is 2.65. The summed E-state index contributed by atoms with van der Waals surface area (Å²) < 4.78 is 34.3. The van der Waals surface area contributed by atoms with Gasteiger partial charge in [0.15, 0.2) is 0 Å². The molecule has 0 spiro atoms. The predicted molar refractivity (Wildman–Crippen MR) is 97.8 cm³/mol. The van der Waals surface area contributed by atoms with Gasteiger partial charge in [-0.1, -0.05) is 6.07 Å². The van der Waals surface area contributed by atoms with Crippen molar-refractivity contribution in [3.63, 3.8) is 0 Å². The van der Waals surface area contributed by atoms with Crippen LogP contribution in [0.2, 0.25) is 0 Å². The number of unbranched alkanes of at least 4 members (excludes halogenated alkanes) is 1. The van der Waals surface area contributed by atoms with E-state index < -0.39 is 17.6 Å². The third-order valence-electron chi connectivity index (χ3n) is 4.34. The number of halogens is 2. The molecule has 144 valence electrons. The second-order valence-corrected chi connectivity index (χ2v) is 6.71. The van der Waals surface area contributed by atoms with E-state index in [1.807, 2.05) is 0 Å². The first-order chi connectivity index (χ1) is 13.0. The van der Waals surface area contributed by atoms with Gasteiger partial charge in [-0.15, -0.1) is 0 Å². The van der Waals surface area contributed by atoms with Gasteiger partial charge in [0.25, 0.3) is 0 Å². The molecule has 1 saturated carbocycles. The SMILES string of the molecule is O=C(O)CCCCNc1c(F)cc(-c2cccc(OCC3CC3)n2)cc1F. The van der Waals surface area contributed by atoms with Gasteiger partial charge in [-0.25, -0.2) is 13.8 Å². The van der Waals surface area contributed by atoms with Gasteiger partial charge in [0.1, 0.15) is 17.3 Å². The number of carboxylic acid groups (broad SMARTS) is 1. The fourth-order valence-corrected chi connectivity index (χ4v) is 2.65. The number of aliphatic carboxylic acids is 1. The maximum atomic E-state index is 14.3. The molecule has 0 atom stereocenters. The first-order valence-electron chi connectivity index (χ1n) is 9.08. The number of pyridine rings is 1. The van der Waals surface area contributed by atoms with Crippen LogP contribution in [0.25, 0.3) is 11.3 Å². The molecule has 0 bridgehead atoms. The molecule has 0 aliphatic heterocycles. The second kappa shape index (κ2) is 8.79. The molecule has 5 nitrogen and oxygen atoms in total. The van der Waals surface area contributed by atoms with Crippen LogP contribution in [0.1, 0.15) is 32.1 Å². The van der Waals surface area contributed by atoms with E-state index in [0.29, 0.717) is 49.0 Å². The number of hydrogen-bond donors (Lipinski definition) is 2. The van der Waals surface area contributed by atoms with Gasteiger partial charge in [0.05, 0.1) is 12.3 Å². The van der Waals surface area contributed by atoms with Gasteiger partial charge >= 0.3 is 5.97 Å². The molecule has 1 aromatic carbocycles. The Balaban J connectivity index is 1.64. The number of carbonyl (C=O) groups is 1. The predicted octanol–water partition coefficient (Wildman–Crippen LogP) is 4.48. The number of ether oxygens (including phenoxy) is 1. The maximum absolute atomic E-state index is 14.3. The van der Waals surface area contributed by atoms with Crippen LogP contribution in [0.3, 0.4) is 0 Å². The Labute approximate surface area is 156 Å². The molecule has 1 aliphatic rings. The van der Waals surface area contributed by atoms with Gasteiger partial charge in [0, 0.05) is 24.6 Å². The van der Waals surface area contributed by atoms with Gasteiger partial charge in [-0.3, -0.25) is 4.79 Å². The van der Waals surface area contributed by atoms with Crippen molar-refractivity contribution in [1.82, 2.24) is 4.98 Å². The van der Waals surface area contributed by atoms with Crippen molar-refractivity contribution >= 4 is 11.7 Å². The molecule has 0 saturated heterocycles. The van der Waals surface area contributed by atoms with E-state index in [1.54, 1.807) is 18.2 Å². The molecule has 3 rings (SSSR count). The minimum atomic E-state index is -0.882. The highest BCUT2D eigenvalue weighted by Crippen LogP contribution is 2.30. The van der Waals surface area contributed by atoms with Gasteiger partial charge in [-0.05, 0) is 49.8 Å². The Morgan fingerprint density at radius 2 is 1.96 bits per heavy atom. The number of nitrogens with one attached hydrogen (secondary N) is 1.